The summed E-state index contributed by atoms with van der Waals surface area (Å²) in [7, 11) is 0. The van der Waals surface area contributed by atoms with Crippen LogP contribution in [-0.4, -0.2) is 30.2 Å². The molecule has 0 radical (unpaired) electrons. The van der Waals surface area contributed by atoms with Crippen LogP contribution in [0.2, 0.25) is 20.1 Å². The van der Waals surface area contributed by atoms with Crippen molar-refractivity contribution in [2.75, 3.05) is 0 Å². The maximum atomic E-state index is 11.1. The molecule has 0 atom stereocenters. The number of aliphatic hydroxyl groups excluding tert-OH is 1. The summed E-state index contributed by atoms with van der Waals surface area (Å²) in [6.45, 7) is -0.0815. The summed E-state index contributed by atoms with van der Waals surface area (Å²) in [6, 6.07) is 22.2. The average molecular weight is 612 g/mol. The Kier molecular flexibility index (Phi) is 8.74. The number of hydrogen-bond donors (Lipinski definition) is 1. The molecule has 40 heavy (non-hydrogen) atoms. The number of halogens is 4. The number of benzene rings is 2. The number of nitrogens with zero attached hydrogens (tertiary/aromatic N) is 4. The largest absolute Gasteiger partial charge is 0.390 e. The first-order valence-electron chi connectivity index (χ1n) is 12.2. The monoisotopic (exact) mass is 610 g/mol. The highest BCUT2D eigenvalue weighted by Crippen LogP contribution is 2.25. The van der Waals surface area contributed by atoms with E-state index in [4.69, 9.17) is 46.4 Å². The van der Waals surface area contributed by atoms with Crippen LogP contribution in [0, 0.1) is 0 Å². The van der Waals surface area contributed by atoms with Crippen LogP contribution in [0.4, 0.5) is 0 Å². The summed E-state index contributed by atoms with van der Waals surface area (Å²) in [4.78, 5) is 19.9. The molecule has 2 aromatic carbocycles. The first kappa shape index (κ1) is 28.1. The molecule has 10 heteroatoms. The van der Waals surface area contributed by atoms with Gasteiger partial charge in [0.1, 0.15) is 17.3 Å². The number of carbonyl (C=O) groups excluding carboxylic acids is 1. The molecule has 4 aromatic heterocycles. The smallest absolute Gasteiger partial charge is 0.170 e. The lowest BCUT2D eigenvalue weighted by Crippen LogP contribution is -1.96. The third-order valence-corrected chi connectivity index (χ3v) is 7.51. The first-order valence-corrected chi connectivity index (χ1v) is 13.7. The fourth-order valence-electron chi connectivity index (χ4n) is 4.42. The summed E-state index contributed by atoms with van der Waals surface area (Å²) in [6.07, 6.45) is 5.70. The Morgan fingerprint density at radius 3 is 1.75 bits per heavy atom. The van der Waals surface area contributed by atoms with E-state index in [0.717, 1.165) is 40.1 Å². The van der Waals surface area contributed by atoms with Crippen molar-refractivity contribution >= 4 is 63.7 Å². The minimum Gasteiger partial charge on any atom is -0.390 e. The highest BCUT2D eigenvalue weighted by atomic mass is 35.5. The van der Waals surface area contributed by atoms with Gasteiger partial charge in [-0.05, 0) is 59.7 Å². The second-order valence-corrected chi connectivity index (χ2v) is 10.6. The molecule has 0 spiro atoms. The van der Waals surface area contributed by atoms with E-state index in [9.17, 15) is 9.90 Å². The maximum absolute atomic E-state index is 11.1. The molecule has 1 N–H and O–H groups in total. The standard InChI is InChI=1S/C15H12Cl2N2O.C15H10Cl2N2O/c2*16-11-5-4-10(12(17)8-11)7-15-18-13(9-20)14-3-1-2-6-19(14)15/h1-6,8,20H,7,9H2;1-6,8-9H,7H2. The topological polar surface area (TPSA) is 71.9 Å². The number of aliphatic hydroxyl groups is 1. The van der Waals surface area contributed by atoms with Gasteiger partial charge >= 0.3 is 0 Å². The van der Waals surface area contributed by atoms with Gasteiger partial charge in [-0.3, -0.25) is 4.79 Å². The van der Waals surface area contributed by atoms with Crippen molar-refractivity contribution in [2.45, 2.75) is 19.4 Å². The van der Waals surface area contributed by atoms with E-state index >= 15 is 0 Å². The first-order chi connectivity index (χ1) is 19.4. The Labute approximate surface area is 250 Å². The van der Waals surface area contributed by atoms with Crippen molar-refractivity contribution in [3.8, 4) is 0 Å². The molecule has 6 rings (SSSR count). The predicted molar refractivity (Wildman–Crippen MR) is 160 cm³/mol. The number of imidazole rings is 2. The quantitative estimate of drug-likeness (QED) is 0.195. The van der Waals surface area contributed by atoms with Crippen LogP contribution in [-0.2, 0) is 19.4 Å². The van der Waals surface area contributed by atoms with Crippen molar-refractivity contribution in [3.05, 3.63) is 139 Å². The van der Waals surface area contributed by atoms with Gasteiger partial charge in [0, 0.05) is 45.3 Å². The number of carbonyl (C=O) groups is 1. The predicted octanol–water partition coefficient (Wildman–Crippen LogP) is 7.77. The molecule has 0 aliphatic heterocycles. The SMILES string of the molecule is O=Cc1nc(Cc2ccc(Cl)cc2Cl)n2ccccc12.OCc1nc(Cc2ccc(Cl)cc2Cl)n2ccccc12. The molecule has 0 amide bonds. The molecular weight excluding hydrogens is 590 g/mol. The molecule has 0 fully saturated rings. The lowest BCUT2D eigenvalue weighted by Gasteiger charge is -2.04. The fraction of sp³-hybridized carbons (Fsp3) is 0.100. The van der Waals surface area contributed by atoms with Crippen LogP contribution in [0.15, 0.2) is 85.2 Å². The third kappa shape index (κ3) is 6.02. The summed E-state index contributed by atoms with van der Waals surface area (Å²) in [5, 5.41) is 11.8. The van der Waals surface area contributed by atoms with Gasteiger partial charge in [-0.1, -0.05) is 70.7 Å². The third-order valence-electron chi connectivity index (χ3n) is 6.34. The van der Waals surface area contributed by atoms with E-state index in [1.165, 1.54) is 0 Å². The zero-order chi connectivity index (χ0) is 28.2. The normalized spacial score (nSPS) is 11.0. The highest BCUT2D eigenvalue weighted by Gasteiger charge is 2.13. The number of fused-ring (bicyclic) bond motifs is 2. The van der Waals surface area contributed by atoms with Crippen molar-refractivity contribution in [1.82, 2.24) is 18.8 Å². The minimum atomic E-state index is -0.0815. The van der Waals surface area contributed by atoms with Gasteiger partial charge in [0.2, 0.25) is 0 Å². The van der Waals surface area contributed by atoms with Crippen LogP contribution < -0.4 is 0 Å². The zero-order valence-electron chi connectivity index (χ0n) is 20.9. The average Bonchev–Trinajstić information content (AvgIpc) is 3.50. The number of aromatic nitrogens is 4. The fourth-order valence-corrected chi connectivity index (χ4v) is 5.37. The lowest BCUT2D eigenvalue weighted by atomic mass is 10.1. The molecule has 6 nitrogen and oxygen atoms in total. The Bertz CT molecular complexity index is 1830. The summed E-state index contributed by atoms with van der Waals surface area (Å²) in [5.74, 6) is 1.61. The van der Waals surface area contributed by atoms with Crippen molar-refractivity contribution in [2.24, 2.45) is 0 Å². The summed E-state index contributed by atoms with van der Waals surface area (Å²) < 4.78 is 3.87. The number of pyridine rings is 2. The van der Waals surface area contributed by atoms with Crippen LogP contribution in [0.5, 0.6) is 0 Å². The molecule has 0 aliphatic rings. The Hall–Kier alpha value is -3.39. The van der Waals surface area contributed by atoms with E-state index in [1.807, 2.05) is 75.8 Å². The maximum Gasteiger partial charge on any atom is 0.170 e. The highest BCUT2D eigenvalue weighted by molar-refractivity contribution is 6.35. The lowest BCUT2D eigenvalue weighted by molar-refractivity contribution is 0.112. The molecule has 4 heterocycles. The molecule has 0 saturated carbocycles. The second kappa shape index (κ2) is 12.4. The van der Waals surface area contributed by atoms with Gasteiger partial charge in [-0.15, -0.1) is 0 Å². The van der Waals surface area contributed by atoms with Crippen LogP contribution in [0.3, 0.4) is 0 Å². The molecule has 0 unspecified atom stereocenters. The van der Waals surface area contributed by atoms with E-state index in [1.54, 1.807) is 18.2 Å². The summed E-state index contributed by atoms with van der Waals surface area (Å²) >= 11 is 24.2. The number of aldehydes is 1. The molecule has 0 bridgehead atoms. The molecule has 6 aromatic rings. The molecular formula is C30H22Cl4N4O2. The van der Waals surface area contributed by atoms with Crippen LogP contribution in [0.25, 0.3) is 11.0 Å². The molecule has 0 saturated heterocycles. The van der Waals surface area contributed by atoms with E-state index in [2.05, 4.69) is 9.97 Å². The van der Waals surface area contributed by atoms with Crippen LogP contribution in [0.1, 0.15) is 39.0 Å². The van der Waals surface area contributed by atoms with E-state index < -0.39 is 0 Å². The van der Waals surface area contributed by atoms with Crippen molar-refractivity contribution in [1.29, 1.82) is 0 Å². The van der Waals surface area contributed by atoms with Gasteiger partial charge in [0.25, 0.3) is 0 Å². The zero-order valence-corrected chi connectivity index (χ0v) is 24.0. The number of hydrogen-bond acceptors (Lipinski definition) is 4. The van der Waals surface area contributed by atoms with E-state index in [0.29, 0.717) is 44.3 Å². The van der Waals surface area contributed by atoms with Gasteiger partial charge in [0.05, 0.1) is 23.3 Å². The molecule has 0 aliphatic carbocycles. The minimum absolute atomic E-state index is 0.0815. The molecule has 202 valence electrons. The van der Waals surface area contributed by atoms with E-state index in [-0.39, 0.29) is 6.61 Å². The van der Waals surface area contributed by atoms with Gasteiger partial charge in [0.15, 0.2) is 6.29 Å². The van der Waals surface area contributed by atoms with Crippen molar-refractivity contribution < 1.29 is 9.90 Å². The Balaban J connectivity index is 0.000000161. The Morgan fingerprint density at radius 1 is 0.700 bits per heavy atom. The van der Waals surface area contributed by atoms with Gasteiger partial charge in [-0.2, -0.15) is 0 Å². The van der Waals surface area contributed by atoms with Crippen molar-refractivity contribution in [3.63, 3.8) is 0 Å². The summed E-state index contributed by atoms with van der Waals surface area (Å²) in [5.41, 5.74) is 4.69. The Morgan fingerprint density at radius 2 is 1.23 bits per heavy atom. The number of rotatable bonds is 6. The second-order valence-electron chi connectivity index (χ2n) is 8.90. The van der Waals surface area contributed by atoms with Crippen LogP contribution >= 0.6 is 46.4 Å². The van der Waals surface area contributed by atoms with Gasteiger partial charge in [-0.25, -0.2) is 9.97 Å². The van der Waals surface area contributed by atoms with Gasteiger partial charge < -0.3 is 13.9 Å².